The van der Waals surface area contributed by atoms with E-state index in [1.807, 2.05) is 48.5 Å². The number of hydrogen-bond donors (Lipinski definition) is 1. The monoisotopic (exact) mass is 548 g/mol. The Balaban J connectivity index is 1.78. The number of carboxylic acid groups (broad SMARTS) is 1. The molecular weight excluding hydrogens is 528 g/mol. The molecule has 0 saturated heterocycles. The summed E-state index contributed by atoms with van der Waals surface area (Å²) < 4.78 is 33.7. The molecule has 0 radical (unpaired) electrons. The third-order valence-corrected chi connectivity index (χ3v) is 6.70. The van der Waals surface area contributed by atoms with Crippen molar-refractivity contribution in [3.05, 3.63) is 94.5 Å². The van der Waals surface area contributed by atoms with Crippen LogP contribution in [0.15, 0.2) is 88.2 Å². The fourth-order valence-electron chi connectivity index (χ4n) is 2.93. The van der Waals surface area contributed by atoms with E-state index in [-0.39, 0.29) is 5.75 Å². The van der Waals surface area contributed by atoms with Gasteiger partial charge in [0.15, 0.2) is 6.61 Å². The molecule has 0 spiro atoms. The van der Waals surface area contributed by atoms with Crippen LogP contribution in [-0.4, -0.2) is 38.1 Å². The van der Waals surface area contributed by atoms with Gasteiger partial charge in [-0.05, 0) is 63.0 Å². The van der Waals surface area contributed by atoms with Gasteiger partial charge >= 0.3 is 16.1 Å². The summed E-state index contributed by atoms with van der Waals surface area (Å²) in [5.41, 5.74) is 2.97. The van der Waals surface area contributed by atoms with Gasteiger partial charge in [0.25, 0.3) is 0 Å². The molecule has 0 fully saturated rings. The topological polar surface area (TPSA) is 89.9 Å². The maximum absolute atomic E-state index is 11.4. The Morgan fingerprint density at radius 1 is 1.00 bits per heavy atom. The molecular formula is C24H21BrO6S2. The predicted octanol–water partition coefficient (Wildman–Crippen LogP) is 5.47. The van der Waals surface area contributed by atoms with E-state index in [1.54, 1.807) is 36.0 Å². The number of halogens is 1. The zero-order chi connectivity index (χ0) is 23.8. The third kappa shape index (κ3) is 7.96. The summed E-state index contributed by atoms with van der Waals surface area (Å²) in [6.45, 7) is -0.393. The second-order valence-electron chi connectivity index (χ2n) is 6.88. The van der Waals surface area contributed by atoms with Gasteiger partial charge in [-0.25, -0.2) is 4.79 Å². The number of aliphatic carboxylic acids is 1. The van der Waals surface area contributed by atoms with E-state index < -0.39 is 22.7 Å². The zero-order valence-electron chi connectivity index (χ0n) is 17.6. The summed E-state index contributed by atoms with van der Waals surface area (Å²) in [7, 11) is -3.58. The summed E-state index contributed by atoms with van der Waals surface area (Å²) >= 11 is 5.12. The largest absolute Gasteiger partial charge is 0.482 e. The van der Waals surface area contributed by atoms with Crippen molar-refractivity contribution in [2.24, 2.45) is 0 Å². The van der Waals surface area contributed by atoms with Crippen molar-refractivity contribution in [3.8, 4) is 11.5 Å². The third-order valence-electron chi connectivity index (χ3n) is 4.29. The first-order valence-corrected chi connectivity index (χ1v) is 13.3. The molecule has 0 saturated carbocycles. The molecule has 0 aliphatic heterocycles. The Morgan fingerprint density at radius 3 is 2.24 bits per heavy atom. The van der Waals surface area contributed by atoms with Crippen molar-refractivity contribution in [2.75, 3.05) is 18.6 Å². The Bertz CT molecular complexity index is 1240. The van der Waals surface area contributed by atoms with Crippen LogP contribution in [0, 0.1) is 0 Å². The highest BCUT2D eigenvalue weighted by Crippen LogP contribution is 2.33. The van der Waals surface area contributed by atoms with Gasteiger partial charge in [0.1, 0.15) is 11.5 Å². The minimum Gasteiger partial charge on any atom is -0.482 e. The molecule has 3 aromatic rings. The maximum atomic E-state index is 11.4. The van der Waals surface area contributed by atoms with Crippen LogP contribution in [0.4, 0.5) is 0 Å². The van der Waals surface area contributed by atoms with Crippen LogP contribution in [0.5, 0.6) is 11.5 Å². The molecule has 1 N–H and O–H groups in total. The molecule has 0 amide bonds. The summed E-state index contributed by atoms with van der Waals surface area (Å²) in [5, 5.41) is 8.74. The first-order chi connectivity index (χ1) is 15.7. The van der Waals surface area contributed by atoms with Crippen molar-refractivity contribution in [1.29, 1.82) is 0 Å². The van der Waals surface area contributed by atoms with Gasteiger partial charge in [0.05, 0.1) is 6.26 Å². The summed E-state index contributed by atoms with van der Waals surface area (Å²) in [5.74, 6) is 0.376. The molecule has 3 aromatic carbocycles. The lowest BCUT2D eigenvalue weighted by Gasteiger charge is -2.11. The molecule has 0 heterocycles. The first kappa shape index (κ1) is 24.9. The normalized spacial score (nSPS) is 11.8. The Kier molecular flexibility index (Phi) is 8.60. The lowest BCUT2D eigenvalue weighted by Crippen LogP contribution is -2.09. The first-order valence-electron chi connectivity index (χ1n) is 9.74. The molecule has 0 aliphatic rings. The Labute approximate surface area is 205 Å². The lowest BCUT2D eigenvalue weighted by molar-refractivity contribution is -0.139. The average Bonchev–Trinajstić information content (AvgIpc) is 2.77. The molecule has 3 rings (SSSR count). The number of hydrogen-bond acceptors (Lipinski definition) is 6. The van der Waals surface area contributed by atoms with Crippen molar-refractivity contribution in [1.82, 2.24) is 0 Å². The van der Waals surface area contributed by atoms with Gasteiger partial charge in [0.2, 0.25) is 0 Å². The predicted molar refractivity (Wildman–Crippen MR) is 133 cm³/mol. The van der Waals surface area contributed by atoms with Crippen LogP contribution in [-0.2, 0) is 14.9 Å². The van der Waals surface area contributed by atoms with E-state index in [0.717, 1.165) is 32.3 Å². The lowest BCUT2D eigenvalue weighted by atomic mass is 9.98. The number of carbonyl (C=O) groups is 1. The van der Waals surface area contributed by atoms with Crippen LogP contribution in [0.1, 0.15) is 11.1 Å². The highest BCUT2D eigenvalue weighted by molar-refractivity contribution is 9.10. The smallest absolute Gasteiger partial charge is 0.341 e. The summed E-state index contributed by atoms with van der Waals surface area (Å²) in [6, 6.07) is 22.2. The maximum Gasteiger partial charge on any atom is 0.341 e. The van der Waals surface area contributed by atoms with E-state index in [2.05, 4.69) is 22.0 Å². The van der Waals surface area contributed by atoms with E-state index in [4.69, 9.17) is 14.0 Å². The van der Waals surface area contributed by atoms with Crippen LogP contribution >= 0.6 is 27.7 Å². The van der Waals surface area contributed by atoms with Crippen LogP contribution in [0.25, 0.3) is 5.57 Å². The van der Waals surface area contributed by atoms with Crippen molar-refractivity contribution in [2.45, 2.75) is 4.90 Å². The number of carboxylic acids is 1. The molecule has 6 nitrogen and oxygen atoms in total. The second-order valence-corrected chi connectivity index (χ2v) is 10.4. The van der Waals surface area contributed by atoms with E-state index >= 15 is 0 Å². The minimum absolute atomic E-state index is 0.261. The summed E-state index contributed by atoms with van der Waals surface area (Å²) in [4.78, 5) is 11.6. The molecule has 172 valence electrons. The van der Waals surface area contributed by atoms with Gasteiger partial charge in [-0.3, -0.25) is 0 Å². The SMILES string of the molecule is CS(=O)(=O)Oc1ccc(C(=CCSc2ccc(OCC(=O)O)cc2Br)c2ccccc2)cc1. The van der Waals surface area contributed by atoms with E-state index in [9.17, 15) is 13.2 Å². The standard InChI is InChI=1S/C24H21BrO6S2/c1-33(28,29)31-19-9-7-18(8-10-19)21(17-5-3-2-4-6-17)13-14-32-23-12-11-20(15-22(23)25)30-16-24(26)27/h2-13,15H,14,16H2,1H3,(H,26,27). The number of thioether (sulfide) groups is 1. The van der Waals surface area contributed by atoms with Gasteiger partial charge < -0.3 is 14.0 Å². The average molecular weight is 549 g/mol. The van der Waals surface area contributed by atoms with Crippen molar-refractivity contribution < 1.29 is 27.2 Å². The molecule has 0 unspecified atom stereocenters. The summed E-state index contributed by atoms with van der Waals surface area (Å²) in [6.07, 6.45) is 3.12. The van der Waals surface area contributed by atoms with Crippen LogP contribution in [0.3, 0.4) is 0 Å². The van der Waals surface area contributed by atoms with Gasteiger partial charge in [-0.2, -0.15) is 8.42 Å². The second kappa shape index (κ2) is 11.4. The molecule has 0 aromatic heterocycles. The Morgan fingerprint density at radius 2 is 1.64 bits per heavy atom. The highest BCUT2D eigenvalue weighted by atomic mass is 79.9. The van der Waals surface area contributed by atoms with Gasteiger partial charge in [-0.1, -0.05) is 48.5 Å². The van der Waals surface area contributed by atoms with Gasteiger partial charge in [-0.15, -0.1) is 11.8 Å². The molecule has 0 aliphatic carbocycles. The number of ether oxygens (including phenoxy) is 1. The van der Waals surface area contributed by atoms with Gasteiger partial charge in [0, 0.05) is 15.1 Å². The van der Waals surface area contributed by atoms with Crippen molar-refractivity contribution in [3.63, 3.8) is 0 Å². The molecule has 0 atom stereocenters. The zero-order valence-corrected chi connectivity index (χ0v) is 20.8. The number of rotatable bonds is 10. The fourth-order valence-corrected chi connectivity index (χ4v) is 4.89. The Hall–Kier alpha value is -2.75. The van der Waals surface area contributed by atoms with Crippen LogP contribution < -0.4 is 8.92 Å². The minimum atomic E-state index is -3.58. The molecule has 9 heteroatoms. The highest BCUT2D eigenvalue weighted by Gasteiger charge is 2.09. The fraction of sp³-hybridized carbons (Fsp3) is 0.125. The van der Waals surface area contributed by atoms with Crippen molar-refractivity contribution >= 4 is 49.4 Å². The molecule has 0 bridgehead atoms. The molecule has 33 heavy (non-hydrogen) atoms. The van der Waals surface area contributed by atoms with E-state index in [1.165, 1.54) is 0 Å². The number of benzene rings is 3. The quantitative estimate of drug-likeness (QED) is 0.265. The van der Waals surface area contributed by atoms with Crippen LogP contribution in [0.2, 0.25) is 0 Å². The van der Waals surface area contributed by atoms with E-state index in [0.29, 0.717) is 11.5 Å².